The van der Waals surface area contributed by atoms with E-state index < -0.39 is 35.5 Å². The van der Waals surface area contributed by atoms with E-state index in [1.807, 2.05) is 0 Å². The first kappa shape index (κ1) is 24.2. The number of anilines is 1. The largest absolute Gasteiger partial charge is 0.487 e. The summed E-state index contributed by atoms with van der Waals surface area (Å²) in [7, 11) is 1.27. The van der Waals surface area contributed by atoms with Gasteiger partial charge in [0.05, 0.1) is 29.4 Å². The van der Waals surface area contributed by atoms with Crippen molar-refractivity contribution >= 4 is 23.3 Å². The van der Waals surface area contributed by atoms with Crippen molar-refractivity contribution < 1.29 is 41.9 Å². The number of hydrogen-bond acceptors (Lipinski definition) is 8. The summed E-state index contributed by atoms with van der Waals surface area (Å²) in [6, 6.07) is 12.3. The smallest absolute Gasteiger partial charge is 0.337 e. The van der Waals surface area contributed by atoms with E-state index in [-0.39, 0.29) is 23.8 Å². The van der Waals surface area contributed by atoms with Crippen molar-refractivity contribution in [3.63, 3.8) is 0 Å². The molecule has 3 rings (SSSR count). The molecule has 10 nitrogen and oxygen atoms in total. The fourth-order valence-corrected chi connectivity index (χ4v) is 2.73. The highest BCUT2D eigenvalue weighted by atomic mass is 19.3. The maximum atomic E-state index is 12.5. The molecule has 12 heteroatoms. The van der Waals surface area contributed by atoms with Crippen LogP contribution in [0.3, 0.4) is 0 Å². The van der Waals surface area contributed by atoms with Crippen molar-refractivity contribution in [2.24, 2.45) is 0 Å². The Kier molecular flexibility index (Phi) is 7.75. The Bertz CT molecular complexity index is 1180. The highest BCUT2D eigenvalue weighted by Crippen LogP contribution is 2.27. The summed E-state index contributed by atoms with van der Waals surface area (Å²) in [5.41, 5.74) is -0.132. The average molecular weight is 476 g/mol. The van der Waals surface area contributed by atoms with Gasteiger partial charge in [-0.05, 0) is 36.4 Å². The SMILES string of the molecule is COC(=O)c1ccc(OCc2ccc(C(=O)Nc3cc(OCC(F)F)cc([N+](=O)[O-])c3)o2)cc1. The molecule has 0 saturated carbocycles. The number of non-ortho nitro benzene ring substituents is 1. The van der Waals surface area contributed by atoms with Crippen molar-refractivity contribution in [2.45, 2.75) is 13.0 Å². The lowest BCUT2D eigenvalue weighted by atomic mass is 10.2. The van der Waals surface area contributed by atoms with Gasteiger partial charge < -0.3 is 23.9 Å². The Morgan fingerprint density at radius 1 is 1.06 bits per heavy atom. The van der Waals surface area contributed by atoms with Crippen molar-refractivity contribution in [1.29, 1.82) is 0 Å². The molecule has 3 aromatic rings. The van der Waals surface area contributed by atoms with E-state index in [1.54, 1.807) is 12.1 Å². The van der Waals surface area contributed by atoms with Crippen LogP contribution < -0.4 is 14.8 Å². The van der Waals surface area contributed by atoms with Gasteiger partial charge in [0.2, 0.25) is 0 Å². The number of ether oxygens (including phenoxy) is 3. The van der Waals surface area contributed by atoms with Crippen LogP contribution in [0.4, 0.5) is 20.2 Å². The van der Waals surface area contributed by atoms with Crippen LogP contribution in [0.15, 0.2) is 59.0 Å². The number of nitrogens with zero attached hydrogens (tertiary/aromatic N) is 1. The molecule has 0 saturated heterocycles. The highest BCUT2D eigenvalue weighted by Gasteiger charge is 2.17. The molecule has 0 unspecified atom stereocenters. The van der Waals surface area contributed by atoms with Gasteiger partial charge in [-0.15, -0.1) is 0 Å². The molecule has 1 aromatic heterocycles. The fraction of sp³-hybridized carbons (Fsp3) is 0.182. The summed E-state index contributed by atoms with van der Waals surface area (Å²) >= 11 is 0. The first-order valence-corrected chi connectivity index (χ1v) is 9.67. The van der Waals surface area contributed by atoms with E-state index in [9.17, 15) is 28.5 Å². The molecule has 1 amide bonds. The first-order chi connectivity index (χ1) is 16.2. The molecule has 0 radical (unpaired) electrons. The maximum Gasteiger partial charge on any atom is 0.337 e. The maximum absolute atomic E-state index is 12.5. The lowest BCUT2D eigenvalue weighted by Gasteiger charge is -2.09. The average Bonchev–Trinajstić information content (AvgIpc) is 3.30. The van der Waals surface area contributed by atoms with Gasteiger partial charge in [-0.25, -0.2) is 13.6 Å². The minimum absolute atomic E-state index is 0.0206. The zero-order valence-corrected chi connectivity index (χ0v) is 17.7. The number of amides is 1. The second-order valence-corrected chi connectivity index (χ2v) is 6.70. The third-order valence-electron chi connectivity index (χ3n) is 4.28. The minimum atomic E-state index is -2.77. The van der Waals surface area contributed by atoms with E-state index in [1.165, 1.54) is 37.4 Å². The number of nitro groups is 1. The number of nitrogens with one attached hydrogen (secondary N) is 1. The van der Waals surface area contributed by atoms with E-state index in [4.69, 9.17) is 13.9 Å². The molecule has 0 aliphatic rings. The number of halogens is 2. The van der Waals surface area contributed by atoms with Crippen molar-refractivity contribution in [3.05, 3.63) is 81.8 Å². The van der Waals surface area contributed by atoms with E-state index >= 15 is 0 Å². The Hall–Kier alpha value is -4.48. The summed E-state index contributed by atoms with van der Waals surface area (Å²) in [4.78, 5) is 34.3. The molecule has 1 heterocycles. The molecular weight excluding hydrogens is 458 g/mol. The molecule has 0 aliphatic carbocycles. The van der Waals surface area contributed by atoms with Crippen molar-refractivity contribution in [3.8, 4) is 11.5 Å². The lowest BCUT2D eigenvalue weighted by molar-refractivity contribution is -0.384. The lowest BCUT2D eigenvalue weighted by Crippen LogP contribution is -2.12. The van der Waals surface area contributed by atoms with Gasteiger partial charge in [0.25, 0.3) is 18.0 Å². The Morgan fingerprint density at radius 3 is 2.44 bits per heavy atom. The van der Waals surface area contributed by atoms with Crippen LogP contribution in [0, 0.1) is 10.1 Å². The third-order valence-corrected chi connectivity index (χ3v) is 4.28. The molecule has 178 valence electrons. The third kappa shape index (κ3) is 6.51. The Morgan fingerprint density at radius 2 is 1.79 bits per heavy atom. The number of alkyl halides is 2. The monoisotopic (exact) mass is 476 g/mol. The molecule has 0 bridgehead atoms. The van der Waals surface area contributed by atoms with Crippen LogP contribution in [0.2, 0.25) is 0 Å². The zero-order chi connectivity index (χ0) is 24.7. The summed E-state index contributed by atoms with van der Waals surface area (Å²) in [6.45, 7) is -0.977. The summed E-state index contributed by atoms with van der Waals surface area (Å²) in [5.74, 6) is -0.762. The number of carbonyl (C=O) groups is 2. The van der Waals surface area contributed by atoms with Crippen LogP contribution in [0.1, 0.15) is 26.7 Å². The van der Waals surface area contributed by atoms with Gasteiger partial charge in [0.1, 0.15) is 30.5 Å². The van der Waals surface area contributed by atoms with Gasteiger partial charge in [-0.1, -0.05) is 0 Å². The second-order valence-electron chi connectivity index (χ2n) is 6.70. The number of furan rings is 1. The van der Waals surface area contributed by atoms with Gasteiger partial charge in [0, 0.05) is 12.1 Å². The molecular formula is C22H18F2N2O8. The number of hydrogen-bond donors (Lipinski definition) is 1. The van der Waals surface area contributed by atoms with Gasteiger partial charge >= 0.3 is 5.97 Å². The number of carbonyl (C=O) groups excluding carboxylic acids is 2. The normalized spacial score (nSPS) is 10.6. The zero-order valence-electron chi connectivity index (χ0n) is 17.7. The number of methoxy groups -OCH3 is 1. The standard InChI is InChI=1S/C22H18F2N2O8/c1-31-22(28)13-2-4-16(5-3-13)32-11-17-6-7-19(34-17)21(27)25-14-8-15(26(29)30)10-18(9-14)33-12-20(23)24/h2-10,20H,11-12H2,1H3,(H,25,27). The molecule has 34 heavy (non-hydrogen) atoms. The fourth-order valence-electron chi connectivity index (χ4n) is 2.73. The number of esters is 1. The van der Waals surface area contributed by atoms with E-state index in [2.05, 4.69) is 10.1 Å². The first-order valence-electron chi connectivity index (χ1n) is 9.67. The van der Waals surface area contributed by atoms with E-state index in [0.29, 0.717) is 17.1 Å². The van der Waals surface area contributed by atoms with Gasteiger partial charge in [-0.2, -0.15) is 0 Å². The Labute approximate surface area is 191 Å². The van der Waals surface area contributed by atoms with Crippen molar-refractivity contribution in [1.82, 2.24) is 0 Å². The Balaban J connectivity index is 1.63. The molecule has 0 spiro atoms. The molecule has 0 fully saturated rings. The number of nitro benzene ring substituents is 1. The summed E-state index contributed by atoms with van der Waals surface area (Å²) < 4.78 is 45.2. The molecule has 0 atom stereocenters. The predicted molar refractivity (Wildman–Crippen MR) is 113 cm³/mol. The predicted octanol–water partition coefficient (Wildman–Crippen LogP) is 4.45. The van der Waals surface area contributed by atoms with Crippen LogP contribution >= 0.6 is 0 Å². The summed E-state index contributed by atoms with van der Waals surface area (Å²) in [5, 5.41) is 13.5. The van der Waals surface area contributed by atoms with Crippen LogP contribution in [0.5, 0.6) is 11.5 Å². The highest BCUT2D eigenvalue weighted by molar-refractivity contribution is 6.02. The molecule has 0 aliphatic heterocycles. The van der Waals surface area contributed by atoms with Crippen LogP contribution in [0.25, 0.3) is 0 Å². The van der Waals surface area contributed by atoms with Crippen LogP contribution in [-0.2, 0) is 11.3 Å². The number of rotatable bonds is 10. The van der Waals surface area contributed by atoms with Crippen molar-refractivity contribution in [2.75, 3.05) is 19.0 Å². The summed E-state index contributed by atoms with van der Waals surface area (Å²) in [6.07, 6.45) is -2.77. The number of benzene rings is 2. The molecule has 1 N–H and O–H groups in total. The quantitative estimate of drug-likeness (QED) is 0.258. The minimum Gasteiger partial charge on any atom is -0.487 e. The van der Waals surface area contributed by atoms with Gasteiger partial charge in [0.15, 0.2) is 5.76 Å². The van der Waals surface area contributed by atoms with Gasteiger partial charge in [-0.3, -0.25) is 14.9 Å². The van der Waals surface area contributed by atoms with E-state index in [0.717, 1.165) is 12.1 Å². The molecule has 2 aromatic carbocycles. The van der Waals surface area contributed by atoms with Crippen LogP contribution in [-0.4, -0.2) is 36.9 Å². The second kappa shape index (κ2) is 10.9. The topological polar surface area (TPSA) is 130 Å².